The van der Waals surface area contributed by atoms with E-state index >= 15 is 0 Å². The van der Waals surface area contributed by atoms with Gasteiger partial charge < -0.3 is 9.84 Å². The van der Waals surface area contributed by atoms with Crippen LogP contribution in [0.3, 0.4) is 0 Å². The quantitative estimate of drug-likeness (QED) is 0.565. The van der Waals surface area contributed by atoms with Crippen molar-refractivity contribution in [2.45, 2.75) is 37.6 Å². The highest BCUT2D eigenvalue weighted by molar-refractivity contribution is 8.00. The van der Waals surface area contributed by atoms with Gasteiger partial charge in [0.1, 0.15) is 21.9 Å². The molecule has 0 atom stereocenters. The predicted molar refractivity (Wildman–Crippen MR) is 94.7 cm³/mol. The highest BCUT2D eigenvalue weighted by Gasteiger charge is 2.20. The SMILES string of the molecule is Cc1cc(NC(=O)CSc2ncnc3sc4c(c23)CCCC4)no1. The van der Waals surface area contributed by atoms with E-state index in [1.807, 2.05) is 0 Å². The second-order valence-electron chi connectivity index (χ2n) is 5.73. The summed E-state index contributed by atoms with van der Waals surface area (Å²) in [4.78, 5) is 23.4. The Bertz CT molecular complexity index is 903. The number of fused-ring (bicyclic) bond motifs is 3. The van der Waals surface area contributed by atoms with Crippen LogP contribution in [0, 0.1) is 6.92 Å². The summed E-state index contributed by atoms with van der Waals surface area (Å²) in [6, 6.07) is 1.70. The summed E-state index contributed by atoms with van der Waals surface area (Å²) >= 11 is 3.21. The second kappa shape index (κ2) is 6.52. The van der Waals surface area contributed by atoms with Crippen molar-refractivity contribution in [2.75, 3.05) is 11.1 Å². The number of thioether (sulfide) groups is 1. The van der Waals surface area contributed by atoms with Gasteiger partial charge in [-0.1, -0.05) is 16.9 Å². The van der Waals surface area contributed by atoms with Crippen molar-refractivity contribution in [3.8, 4) is 0 Å². The van der Waals surface area contributed by atoms with Crippen molar-refractivity contribution in [3.05, 3.63) is 28.6 Å². The maximum atomic E-state index is 12.1. The number of hydrogen-bond acceptors (Lipinski definition) is 7. The van der Waals surface area contributed by atoms with Gasteiger partial charge in [-0.25, -0.2) is 9.97 Å². The van der Waals surface area contributed by atoms with Gasteiger partial charge in [0.05, 0.1) is 5.75 Å². The molecule has 0 spiro atoms. The Labute approximate surface area is 147 Å². The summed E-state index contributed by atoms with van der Waals surface area (Å²) in [5.74, 6) is 1.27. The van der Waals surface area contributed by atoms with Crippen LogP contribution in [0.4, 0.5) is 5.82 Å². The normalized spacial score (nSPS) is 13.9. The lowest BCUT2D eigenvalue weighted by Gasteiger charge is -2.11. The van der Waals surface area contributed by atoms with Gasteiger partial charge in [-0.2, -0.15) is 0 Å². The Balaban J connectivity index is 1.52. The lowest BCUT2D eigenvalue weighted by Crippen LogP contribution is -2.14. The van der Waals surface area contributed by atoms with Gasteiger partial charge in [0.15, 0.2) is 5.82 Å². The van der Waals surface area contributed by atoms with Crippen molar-refractivity contribution in [1.82, 2.24) is 15.1 Å². The van der Waals surface area contributed by atoms with E-state index in [1.54, 1.807) is 30.7 Å². The van der Waals surface area contributed by atoms with Gasteiger partial charge in [-0.3, -0.25) is 4.79 Å². The number of thiophene rings is 1. The van der Waals surface area contributed by atoms with E-state index in [1.165, 1.54) is 35.0 Å². The average Bonchev–Trinajstić information content (AvgIpc) is 3.16. The number of rotatable bonds is 4. The smallest absolute Gasteiger partial charge is 0.236 e. The largest absolute Gasteiger partial charge is 0.360 e. The van der Waals surface area contributed by atoms with Crippen molar-refractivity contribution in [3.63, 3.8) is 0 Å². The van der Waals surface area contributed by atoms with Gasteiger partial charge in [-0.15, -0.1) is 11.3 Å². The monoisotopic (exact) mass is 360 g/mol. The molecule has 0 saturated carbocycles. The number of aromatic nitrogens is 3. The minimum absolute atomic E-state index is 0.121. The van der Waals surface area contributed by atoms with E-state index in [2.05, 4.69) is 20.4 Å². The second-order valence-corrected chi connectivity index (χ2v) is 7.78. The molecule has 0 radical (unpaired) electrons. The Morgan fingerprint density at radius 1 is 1.38 bits per heavy atom. The average molecular weight is 360 g/mol. The molecular weight excluding hydrogens is 344 g/mol. The molecule has 0 bridgehead atoms. The Morgan fingerprint density at radius 3 is 3.08 bits per heavy atom. The van der Waals surface area contributed by atoms with Gasteiger partial charge >= 0.3 is 0 Å². The summed E-state index contributed by atoms with van der Waals surface area (Å²) in [6.45, 7) is 1.79. The molecule has 0 aromatic carbocycles. The van der Waals surface area contributed by atoms with Crippen LogP contribution in [0.25, 0.3) is 10.2 Å². The third-order valence-corrected chi connectivity index (χ3v) is 6.14. The van der Waals surface area contributed by atoms with Gasteiger partial charge in [0.25, 0.3) is 0 Å². The number of aryl methyl sites for hydroxylation is 3. The number of hydrogen-bond donors (Lipinski definition) is 1. The molecule has 0 fully saturated rings. The molecule has 1 aliphatic rings. The fourth-order valence-corrected chi connectivity index (χ4v) is 5.03. The molecule has 1 amide bonds. The van der Waals surface area contributed by atoms with Crippen LogP contribution in [0.5, 0.6) is 0 Å². The molecule has 1 N–H and O–H groups in total. The van der Waals surface area contributed by atoms with Crippen LogP contribution >= 0.6 is 23.1 Å². The molecule has 3 aromatic rings. The van der Waals surface area contributed by atoms with E-state index in [4.69, 9.17) is 4.52 Å². The molecule has 6 nitrogen and oxygen atoms in total. The molecule has 3 heterocycles. The minimum atomic E-state index is -0.121. The van der Waals surface area contributed by atoms with Crippen LogP contribution in [-0.2, 0) is 17.6 Å². The lowest BCUT2D eigenvalue weighted by molar-refractivity contribution is -0.113. The van der Waals surface area contributed by atoms with Gasteiger partial charge in [0, 0.05) is 16.3 Å². The van der Waals surface area contributed by atoms with E-state index in [0.29, 0.717) is 11.6 Å². The van der Waals surface area contributed by atoms with Crippen molar-refractivity contribution in [2.24, 2.45) is 0 Å². The first-order valence-electron chi connectivity index (χ1n) is 7.82. The maximum Gasteiger partial charge on any atom is 0.236 e. The van der Waals surface area contributed by atoms with E-state index in [-0.39, 0.29) is 11.7 Å². The molecule has 8 heteroatoms. The molecule has 0 aliphatic heterocycles. The maximum absolute atomic E-state index is 12.1. The molecular formula is C16H16N4O2S2. The molecule has 124 valence electrons. The fraction of sp³-hybridized carbons (Fsp3) is 0.375. The minimum Gasteiger partial charge on any atom is -0.360 e. The summed E-state index contributed by atoms with van der Waals surface area (Å²) in [5.41, 5.74) is 1.39. The van der Waals surface area contributed by atoms with Crippen molar-refractivity contribution in [1.29, 1.82) is 0 Å². The lowest BCUT2D eigenvalue weighted by atomic mass is 9.97. The summed E-state index contributed by atoms with van der Waals surface area (Å²) in [5, 5.41) is 8.54. The zero-order valence-corrected chi connectivity index (χ0v) is 14.8. The standard InChI is InChI=1S/C16H16N4O2S2/c1-9-6-12(20-22-9)19-13(21)7-23-15-14-10-4-2-3-5-11(10)24-16(14)18-8-17-15/h6,8H,2-5,7H2,1H3,(H,19,20,21). The van der Waals surface area contributed by atoms with Crippen molar-refractivity contribution < 1.29 is 9.32 Å². The fourth-order valence-electron chi connectivity index (χ4n) is 2.91. The van der Waals surface area contributed by atoms with Crippen LogP contribution in [0.15, 0.2) is 21.9 Å². The highest BCUT2D eigenvalue weighted by atomic mass is 32.2. The van der Waals surface area contributed by atoms with Crippen LogP contribution in [-0.4, -0.2) is 26.8 Å². The highest BCUT2D eigenvalue weighted by Crippen LogP contribution is 2.39. The number of nitrogens with zero attached hydrogens (tertiary/aromatic N) is 3. The Hall–Kier alpha value is -1.93. The predicted octanol–water partition coefficient (Wildman–Crippen LogP) is 3.60. The third-order valence-electron chi connectivity index (χ3n) is 3.95. The molecule has 3 aromatic heterocycles. The number of nitrogens with one attached hydrogen (secondary N) is 1. The molecule has 4 rings (SSSR count). The summed E-state index contributed by atoms with van der Waals surface area (Å²) in [7, 11) is 0. The molecule has 0 unspecified atom stereocenters. The van der Waals surface area contributed by atoms with Gasteiger partial charge in [-0.05, 0) is 38.2 Å². The summed E-state index contributed by atoms with van der Waals surface area (Å²) in [6.07, 6.45) is 6.26. The number of anilines is 1. The van der Waals surface area contributed by atoms with E-state index in [9.17, 15) is 4.79 Å². The molecule has 0 saturated heterocycles. The number of carbonyl (C=O) groups is 1. The van der Waals surface area contributed by atoms with Crippen LogP contribution in [0.2, 0.25) is 0 Å². The van der Waals surface area contributed by atoms with Crippen LogP contribution < -0.4 is 5.32 Å². The first kappa shape index (κ1) is 15.6. The number of amides is 1. The third kappa shape index (κ3) is 3.03. The zero-order valence-electron chi connectivity index (χ0n) is 13.2. The van der Waals surface area contributed by atoms with E-state index in [0.717, 1.165) is 28.1 Å². The first-order chi connectivity index (χ1) is 11.7. The Kier molecular flexibility index (Phi) is 4.24. The Morgan fingerprint density at radius 2 is 2.25 bits per heavy atom. The van der Waals surface area contributed by atoms with Gasteiger partial charge in [0.2, 0.25) is 5.91 Å². The topological polar surface area (TPSA) is 80.9 Å². The zero-order chi connectivity index (χ0) is 16.5. The first-order valence-corrected chi connectivity index (χ1v) is 9.62. The molecule has 24 heavy (non-hydrogen) atoms. The van der Waals surface area contributed by atoms with Crippen molar-refractivity contribution >= 4 is 45.0 Å². The van der Waals surface area contributed by atoms with Crippen LogP contribution in [0.1, 0.15) is 29.0 Å². The number of carbonyl (C=O) groups excluding carboxylic acids is 1. The summed E-state index contributed by atoms with van der Waals surface area (Å²) < 4.78 is 4.95. The van der Waals surface area contributed by atoms with E-state index < -0.39 is 0 Å². The molecule has 1 aliphatic carbocycles.